The van der Waals surface area contributed by atoms with Gasteiger partial charge >= 0.3 is 0 Å². The number of piperidine rings is 1. The van der Waals surface area contributed by atoms with Gasteiger partial charge in [0.25, 0.3) is 5.91 Å². The van der Waals surface area contributed by atoms with E-state index in [1.807, 2.05) is 55.0 Å². The number of pyridine rings is 3. The quantitative estimate of drug-likeness (QED) is 0.0843. The molecule has 4 aromatic heterocycles. The first-order valence-electron chi connectivity index (χ1n) is 19.7. The molecule has 9 rings (SSSR count). The second-order valence-corrected chi connectivity index (χ2v) is 15.2. The molecule has 286 valence electrons. The second-order valence-electron chi connectivity index (χ2n) is 15.2. The summed E-state index contributed by atoms with van der Waals surface area (Å²) in [5.74, 6) is 6.95. The SMILES string of the molecule is Cn1c2ccncc2c2ccc(-c3ccc(OC4CC(Oc5ccc(C#CCCCCCc6ccc7c(c6)CN(C6CCC(=O)NC6=O)C7=O)nc5)C4)nc3)cc21. The van der Waals surface area contributed by atoms with Gasteiger partial charge in [-0.1, -0.05) is 36.6 Å². The van der Waals surface area contributed by atoms with Gasteiger partial charge in [0.1, 0.15) is 29.7 Å². The highest BCUT2D eigenvalue weighted by molar-refractivity contribution is 6.08. The van der Waals surface area contributed by atoms with Crippen molar-refractivity contribution in [3.8, 4) is 34.6 Å². The van der Waals surface area contributed by atoms with Crippen molar-refractivity contribution in [3.63, 3.8) is 0 Å². The zero-order valence-corrected chi connectivity index (χ0v) is 31.7. The number of rotatable bonds is 11. The number of unbranched alkanes of at least 4 members (excludes halogenated alkanes) is 3. The van der Waals surface area contributed by atoms with Crippen molar-refractivity contribution in [2.45, 2.75) is 82.6 Å². The van der Waals surface area contributed by atoms with E-state index in [2.05, 4.69) is 74.1 Å². The van der Waals surface area contributed by atoms with Gasteiger partial charge in [0.2, 0.25) is 17.7 Å². The largest absolute Gasteiger partial charge is 0.489 e. The molecule has 0 radical (unpaired) electrons. The van der Waals surface area contributed by atoms with Crippen LogP contribution >= 0.6 is 0 Å². The Kier molecular flexibility index (Phi) is 9.85. The summed E-state index contributed by atoms with van der Waals surface area (Å²) in [4.78, 5) is 51.8. The molecule has 1 saturated carbocycles. The molecular weight excluding hydrogens is 717 g/mol. The van der Waals surface area contributed by atoms with Gasteiger partial charge in [-0.15, -0.1) is 0 Å². The first-order chi connectivity index (χ1) is 27.9. The summed E-state index contributed by atoms with van der Waals surface area (Å²) in [5.41, 5.74) is 7.97. The van der Waals surface area contributed by atoms with E-state index < -0.39 is 6.04 Å². The highest BCUT2D eigenvalue weighted by atomic mass is 16.5. The number of aromatic nitrogens is 4. The minimum absolute atomic E-state index is 0.0594. The first kappa shape index (κ1) is 36.1. The van der Waals surface area contributed by atoms with Crippen LogP contribution in [0.3, 0.4) is 0 Å². The van der Waals surface area contributed by atoms with E-state index in [0.29, 0.717) is 24.4 Å². The molecule has 11 nitrogen and oxygen atoms in total. The first-order valence-corrected chi connectivity index (χ1v) is 19.7. The Bertz CT molecular complexity index is 2570. The molecule has 6 aromatic rings. The Morgan fingerprint density at radius 2 is 1.70 bits per heavy atom. The Morgan fingerprint density at radius 1 is 0.825 bits per heavy atom. The summed E-state index contributed by atoms with van der Waals surface area (Å²) in [6.45, 7) is 0.403. The molecule has 1 saturated heterocycles. The smallest absolute Gasteiger partial charge is 0.255 e. The molecule has 11 heteroatoms. The maximum Gasteiger partial charge on any atom is 0.255 e. The summed E-state index contributed by atoms with van der Waals surface area (Å²) in [7, 11) is 2.08. The van der Waals surface area contributed by atoms with Crippen molar-refractivity contribution >= 4 is 39.5 Å². The Balaban J connectivity index is 0.677. The number of nitrogens with one attached hydrogen (secondary N) is 1. The summed E-state index contributed by atoms with van der Waals surface area (Å²) in [5, 5.41) is 4.70. The van der Waals surface area contributed by atoms with Gasteiger partial charge in [-0.05, 0) is 84.7 Å². The van der Waals surface area contributed by atoms with Crippen LogP contribution in [0.2, 0.25) is 0 Å². The monoisotopic (exact) mass is 758 g/mol. The van der Waals surface area contributed by atoms with Crippen molar-refractivity contribution in [1.82, 2.24) is 29.7 Å². The normalized spacial score (nSPS) is 18.9. The van der Waals surface area contributed by atoms with Crippen LogP contribution in [-0.4, -0.2) is 60.4 Å². The molecule has 1 aliphatic carbocycles. The van der Waals surface area contributed by atoms with E-state index >= 15 is 0 Å². The van der Waals surface area contributed by atoms with Gasteiger partial charge in [0.05, 0.1) is 11.7 Å². The molecule has 2 fully saturated rings. The average Bonchev–Trinajstić information content (AvgIpc) is 3.69. The number of carbonyl (C=O) groups is 3. The fraction of sp³-hybridized carbons (Fsp3) is 0.304. The summed E-state index contributed by atoms with van der Waals surface area (Å²) in [6.07, 6.45) is 14.4. The van der Waals surface area contributed by atoms with Gasteiger partial charge in [-0.25, -0.2) is 9.97 Å². The van der Waals surface area contributed by atoms with Crippen molar-refractivity contribution in [2.75, 3.05) is 0 Å². The molecule has 2 aromatic carbocycles. The molecule has 3 amide bonds. The highest BCUT2D eigenvalue weighted by Gasteiger charge is 2.39. The molecule has 3 aliphatic rings. The van der Waals surface area contributed by atoms with Crippen LogP contribution in [0.5, 0.6) is 11.6 Å². The Hall–Kier alpha value is -6.54. The third kappa shape index (κ3) is 7.55. The number of benzene rings is 2. The van der Waals surface area contributed by atoms with Gasteiger partial charge in [0, 0.05) is 91.3 Å². The average molecular weight is 759 g/mol. The van der Waals surface area contributed by atoms with Crippen LogP contribution in [0.25, 0.3) is 32.9 Å². The predicted octanol–water partition coefficient (Wildman–Crippen LogP) is 7.09. The van der Waals surface area contributed by atoms with Crippen molar-refractivity contribution < 1.29 is 23.9 Å². The molecule has 0 spiro atoms. The van der Waals surface area contributed by atoms with Crippen molar-refractivity contribution in [1.29, 1.82) is 0 Å². The van der Waals surface area contributed by atoms with Crippen LogP contribution in [0.1, 0.15) is 78.5 Å². The van der Waals surface area contributed by atoms with Crippen LogP contribution in [-0.2, 0) is 29.6 Å². The highest BCUT2D eigenvalue weighted by Crippen LogP contribution is 2.33. The van der Waals surface area contributed by atoms with Crippen molar-refractivity contribution in [3.05, 3.63) is 114 Å². The fourth-order valence-corrected chi connectivity index (χ4v) is 8.11. The number of fused-ring (bicyclic) bond motifs is 4. The maximum absolute atomic E-state index is 12.9. The van der Waals surface area contributed by atoms with Gasteiger partial charge < -0.3 is 18.9 Å². The number of nitrogens with zero attached hydrogens (tertiary/aromatic N) is 5. The number of hydrogen-bond donors (Lipinski definition) is 1. The molecule has 1 unspecified atom stereocenters. The molecular formula is C46H42N6O5. The number of imide groups is 1. The van der Waals surface area contributed by atoms with Crippen LogP contribution in [0.15, 0.2) is 91.5 Å². The summed E-state index contributed by atoms with van der Waals surface area (Å²) in [6, 6.07) is 21.7. The number of aryl methyl sites for hydroxylation is 2. The zero-order chi connectivity index (χ0) is 38.9. The Morgan fingerprint density at radius 3 is 2.53 bits per heavy atom. The van der Waals surface area contributed by atoms with Crippen LogP contribution in [0, 0.1) is 11.8 Å². The lowest BCUT2D eigenvalue weighted by Crippen LogP contribution is -2.52. The van der Waals surface area contributed by atoms with E-state index in [-0.39, 0.29) is 36.4 Å². The number of ether oxygens (including phenoxy) is 2. The minimum atomic E-state index is -0.589. The summed E-state index contributed by atoms with van der Waals surface area (Å²) < 4.78 is 14.5. The number of hydrogen-bond acceptors (Lipinski definition) is 8. The molecule has 57 heavy (non-hydrogen) atoms. The van der Waals surface area contributed by atoms with E-state index in [4.69, 9.17) is 9.47 Å². The van der Waals surface area contributed by atoms with E-state index in [1.165, 1.54) is 10.9 Å². The molecule has 0 bridgehead atoms. The van der Waals surface area contributed by atoms with Gasteiger partial charge in [0.15, 0.2) is 0 Å². The standard InChI is InChI=1S/C46H42N6O5/c1-51-40-19-20-47-27-39(40)38-15-10-30(22-42(38)51)31-11-18-44(49-25-31)57-36-23-35(24-36)56-34-13-12-33(48-26-34)8-6-4-2-3-5-7-29-9-14-37-32(21-29)28-52(46(37)55)41-16-17-43(53)50-45(41)54/h9-15,18-22,25-27,35-36,41H,2-5,7,16-17,23-24,28H2,1H3,(H,50,53,54). The Labute approximate surface area is 330 Å². The molecule has 6 heterocycles. The third-order valence-corrected chi connectivity index (χ3v) is 11.3. The zero-order valence-electron chi connectivity index (χ0n) is 31.7. The second kappa shape index (κ2) is 15.5. The topological polar surface area (TPSA) is 129 Å². The van der Waals surface area contributed by atoms with Gasteiger partial charge in [-0.2, -0.15) is 0 Å². The lowest BCUT2D eigenvalue weighted by molar-refractivity contribution is -0.136. The third-order valence-electron chi connectivity index (χ3n) is 11.3. The lowest BCUT2D eigenvalue weighted by atomic mass is 9.92. The summed E-state index contributed by atoms with van der Waals surface area (Å²) >= 11 is 0. The number of carbonyl (C=O) groups excluding carboxylic acids is 3. The minimum Gasteiger partial charge on any atom is -0.489 e. The van der Waals surface area contributed by atoms with Crippen molar-refractivity contribution in [2.24, 2.45) is 7.05 Å². The molecule has 2 aliphatic heterocycles. The predicted molar refractivity (Wildman–Crippen MR) is 215 cm³/mol. The van der Waals surface area contributed by atoms with Gasteiger partial charge in [-0.3, -0.25) is 24.7 Å². The fourth-order valence-electron chi connectivity index (χ4n) is 8.11. The van der Waals surface area contributed by atoms with E-state index in [9.17, 15) is 14.4 Å². The lowest BCUT2D eigenvalue weighted by Gasteiger charge is -2.34. The van der Waals surface area contributed by atoms with Crippen LogP contribution in [0.4, 0.5) is 0 Å². The van der Waals surface area contributed by atoms with E-state index in [0.717, 1.165) is 89.5 Å². The van der Waals surface area contributed by atoms with Crippen LogP contribution < -0.4 is 14.8 Å². The van der Waals surface area contributed by atoms with E-state index in [1.54, 1.807) is 11.1 Å². The number of amides is 3. The molecule has 1 atom stereocenters. The molecule has 1 N–H and O–H groups in total. The maximum atomic E-state index is 12.9.